The Hall–Kier alpha value is -2.59. The van der Waals surface area contributed by atoms with Gasteiger partial charge in [0.1, 0.15) is 0 Å². The maximum Gasteiger partial charge on any atom is 0.251 e. The van der Waals surface area contributed by atoms with Crippen molar-refractivity contribution in [2.75, 3.05) is 7.11 Å². The van der Waals surface area contributed by atoms with E-state index in [0.717, 1.165) is 35.0 Å². The summed E-state index contributed by atoms with van der Waals surface area (Å²) in [7, 11) is 1.69. The zero-order chi connectivity index (χ0) is 17.9. The molecular formula is C22H24N2O2. The molecule has 1 aliphatic rings. The van der Waals surface area contributed by atoms with Gasteiger partial charge in [0.05, 0.1) is 6.61 Å². The maximum atomic E-state index is 12.6. The summed E-state index contributed by atoms with van der Waals surface area (Å²) in [5, 5.41) is 4.23. The van der Waals surface area contributed by atoms with Crippen LogP contribution in [0.15, 0.2) is 42.5 Å². The second kappa shape index (κ2) is 7.34. The van der Waals surface area contributed by atoms with E-state index >= 15 is 0 Å². The summed E-state index contributed by atoms with van der Waals surface area (Å²) in [5.74, 6) is -0.0290. The van der Waals surface area contributed by atoms with E-state index in [4.69, 9.17) is 4.74 Å². The fraction of sp³-hybridized carbons (Fsp3) is 0.318. The SMILES string of the molecule is COCc1ccc(CNC(=O)c2ccc3[nH]c4c(c3c2)CCCC4)cc1. The van der Waals surface area contributed by atoms with Crippen LogP contribution in [0.2, 0.25) is 0 Å². The van der Waals surface area contributed by atoms with E-state index in [9.17, 15) is 4.79 Å². The highest BCUT2D eigenvalue weighted by atomic mass is 16.5. The van der Waals surface area contributed by atoms with Crippen LogP contribution in [0, 0.1) is 0 Å². The van der Waals surface area contributed by atoms with E-state index in [1.165, 1.54) is 29.5 Å². The quantitative estimate of drug-likeness (QED) is 0.729. The van der Waals surface area contributed by atoms with Crippen LogP contribution >= 0.6 is 0 Å². The van der Waals surface area contributed by atoms with E-state index < -0.39 is 0 Å². The normalized spacial score (nSPS) is 13.6. The first kappa shape index (κ1) is 16.9. The predicted octanol–water partition coefficient (Wildman–Crippen LogP) is 4.12. The van der Waals surface area contributed by atoms with Crippen molar-refractivity contribution < 1.29 is 9.53 Å². The predicted molar refractivity (Wildman–Crippen MR) is 103 cm³/mol. The number of ether oxygens (including phenoxy) is 1. The number of methoxy groups -OCH3 is 1. The van der Waals surface area contributed by atoms with Crippen LogP contribution in [-0.2, 0) is 30.7 Å². The number of aryl methyl sites for hydroxylation is 2. The highest BCUT2D eigenvalue weighted by Crippen LogP contribution is 2.29. The Morgan fingerprint density at radius 2 is 1.85 bits per heavy atom. The number of amides is 1. The molecule has 0 radical (unpaired) electrons. The Labute approximate surface area is 153 Å². The molecule has 0 saturated carbocycles. The molecule has 0 bridgehead atoms. The maximum absolute atomic E-state index is 12.6. The Morgan fingerprint density at radius 3 is 2.65 bits per heavy atom. The third kappa shape index (κ3) is 3.37. The van der Waals surface area contributed by atoms with Crippen molar-refractivity contribution in [3.05, 3.63) is 70.4 Å². The lowest BCUT2D eigenvalue weighted by Gasteiger charge is -2.10. The van der Waals surface area contributed by atoms with Gasteiger partial charge in [0, 0.05) is 35.8 Å². The molecule has 1 amide bonds. The van der Waals surface area contributed by atoms with Gasteiger partial charge in [0.15, 0.2) is 0 Å². The highest BCUT2D eigenvalue weighted by Gasteiger charge is 2.16. The van der Waals surface area contributed by atoms with Crippen LogP contribution < -0.4 is 5.32 Å². The molecule has 2 aromatic carbocycles. The van der Waals surface area contributed by atoms with Crippen LogP contribution in [0.3, 0.4) is 0 Å². The van der Waals surface area contributed by atoms with E-state index in [-0.39, 0.29) is 5.91 Å². The molecule has 4 heteroatoms. The molecular weight excluding hydrogens is 324 g/mol. The number of carbonyl (C=O) groups is 1. The average Bonchev–Trinajstić information content (AvgIpc) is 3.05. The lowest BCUT2D eigenvalue weighted by Crippen LogP contribution is -2.22. The number of aromatic nitrogens is 1. The molecule has 1 aliphatic carbocycles. The van der Waals surface area contributed by atoms with Gasteiger partial charge < -0.3 is 15.0 Å². The second-order valence-electron chi connectivity index (χ2n) is 6.98. The number of H-pyrrole nitrogens is 1. The minimum absolute atomic E-state index is 0.0290. The lowest BCUT2D eigenvalue weighted by molar-refractivity contribution is 0.0951. The van der Waals surface area contributed by atoms with Gasteiger partial charge in [-0.3, -0.25) is 4.79 Å². The minimum Gasteiger partial charge on any atom is -0.380 e. The van der Waals surface area contributed by atoms with Crippen LogP contribution in [0.4, 0.5) is 0 Å². The van der Waals surface area contributed by atoms with Crippen molar-refractivity contribution in [2.45, 2.75) is 38.8 Å². The van der Waals surface area contributed by atoms with Crippen LogP contribution in [0.25, 0.3) is 10.9 Å². The van der Waals surface area contributed by atoms with Crippen molar-refractivity contribution >= 4 is 16.8 Å². The van der Waals surface area contributed by atoms with Gasteiger partial charge in [-0.15, -0.1) is 0 Å². The first-order chi connectivity index (χ1) is 12.7. The molecule has 1 aromatic heterocycles. The van der Waals surface area contributed by atoms with Crippen molar-refractivity contribution in [1.82, 2.24) is 10.3 Å². The van der Waals surface area contributed by atoms with Gasteiger partial charge in [0.25, 0.3) is 5.91 Å². The summed E-state index contributed by atoms with van der Waals surface area (Å²) in [6.07, 6.45) is 4.70. The Bertz CT molecular complexity index is 925. The Morgan fingerprint density at radius 1 is 1.08 bits per heavy atom. The first-order valence-corrected chi connectivity index (χ1v) is 9.23. The molecule has 2 N–H and O–H groups in total. The summed E-state index contributed by atoms with van der Waals surface area (Å²) in [5.41, 5.74) is 6.82. The number of hydrogen-bond acceptors (Lipinski definition) is 2. The smallest absolute Gasteiger partial charge is 0.251 e. The van der Waals surface area contributed by atoms with E-state index in [0.29, 0.717) is 13.2 Å². The van der Waals surface area contributed by atoms with Gasteiger partial charge in [-0.25, -0.2) is 0 Å². The Kier molecular flexibility index (Phi) is 4.76. The van der Waals surface area contributed by atoms with Crippen molar-refractivity contribution in [2.24, 2.45) is 0 Å². The van der Waals surface area contributed by atoms with Gasteiger partial charge in [-0.2, -0.15) is 0 Å². The van der Waals surface area contributed by atoms with Crippen LogP contribution in [0.5, 0.6) is 0 Å². The van der Waals surface area contributed by atoms with E-state index in [2.05, 4.69) is 10.3 Å². The summed E-state index contributed by atoms with van der Waals surface area (Å²) in [6.45, 7) is 1.13. The van der Waals surface area contributed by atoms with Gasteiger partial charge in [0.2, 0.25) is 0 Å². The molecule has 3 aromatic rings. The molecule has 1 heterocycles. The summed E-state index contributed by atoms with van der Waals surface area (Å²) in [6, 6.07) is 14.1. The Balaban J connectivity index is 1.47. The molecule has 134 valence electrons. The van der Waals surface area contributed by atoms with Gasteiger partial charge in [-0.05, 0) is 60.6 Å². The van der Waals surface area contributed by atoms with Gasteiger partial charge >= 0.3 is 0 Å². The number of rotatable bonds is 5. The standard InChI is InChI=1S/C22H24N2O2/c1-26-14-16-8-6-15(7-9-16)13-23-22(25)17-10-11-21-19(12-17)18-4-2-3-5-20(18)24-21/h6-12,24H,2-5,13-14H2,1H3,(H,23,25). The zero-order valence-corrected chi connectivity index (χ0v) is 15.1. The number of carbonyl (C=O) groups excluding carboxylic acids is 1. The van der Waals surface area contributed by atoms with Gasteiger partial charge in [-0.1, -0.05) is 24.3 Å². The monoisotopic (exact) mass is 348 g/mol. The van der Waals surface area contributed by atoms with E-state index in [1.807, 2.05) is 42.5 Å². The number of nitrogens with one attached hydrogen (secondary N) is 2. The molecule has 0 aliphatic heterocycles. The lowest BCUT2D eigenvalue weighted by atomic mass is 9.95. The van der Waals surface area contributed by atoms with Crippen LogP contribution in [0.1, 0.15) is 45.6 Å². The molecule has 0 atom stereocenters. The van der Waals surface area contributed by atoms with Crippen molar-refractivity contribution in [3.63, 3.8) is 0 Å². The van der Waals surface area contributed by atoms with Crippen LogP contribution in [-0.4, -0.2) is 18.0 Å². The molecule has 26 heavy (non-hydrogen) atoms. The van der Waals surface area contributed by atoms with Crippen molar-refractivity contribution in [3.8, 4) is 0 Å². The van der Waals surface area contributed by atoms with E-state index in [1.54, 1.807) is 7.11 Å². The molecule has 0 saturated heterocycles. The largest absolute Gasteiger partial charge is 0.380 e. The molecule has 0 unspecified atom stereocenters. The highest BCUT2D eigenvalue weighted by molar-refractivity contribution is 5.99. The molecule has 4 rings (SSSR count). The fourth-order valence-electron chi connectivity index (χ4n) is 3.75. The minimum atomic E-state index is -0.0290. The second-order valence-corrected chi connectivity index (χ2v) is 6.98. The number of benzene rings is 2. The number of fused-ring (bicyclic) bond motifs is 3. The first-order valence-electron chi connectivity index (χ1n) is 9.23. The van der Waals surface area contributed by atoms with Crippen molar-refractivity contribution in [1.29, 1.82) is 0 Å². The zero-order valence-electron chi connectivity index (χ0n) is 15.1. The third-order valence-electron chi connectivity index (χ3n) is 5.15. The molecule has 4 nitrogen and oxygen atoms in total. The third-order valence-corrected chi connectivity index (χ3v) is 5.15. The average molecular weight is 348 g/mol. The summed E-state index contributed by atoms with van der Waals surface area (Å²) in [4.78, 5) is 16.1. The summed E-state index contributed by atoms with van der Waals surface area (Å²) >= 11 is 0. The molecule has 0 spiro atoms. The topological polar surface area (TPSA) is 54.1 Å². The number of hydrogen-bond donors (Lipinski definition) is 2. The summed E-state index contributed by atoms with van der Waals surface area (Å²) < 4.78 is 5.12. The molecule has 0 fully saturated rings. The fourth-order valence-corrected chi connectivity index (χ4v) is 3.75. The number of aromatic amines is 1.